The molecule has 0 radical (unpaired) electrons. The maximum absolute atomic E-state index is 11.1. The zero-order valence-corrected chi connectivity index (χ0v) is 7.70. The minimum Gasteiger partial charge on any atom is -0.364 e. The molecule has 72 valence electrons. The van der Waals surface area contributed by atoms with Crippen LogP contribution < -0.4 is 10.6 Å². The third-order valence-corrected chi connectivity index (χ3v) is 1.34. The van der Waals surface area contributed by atoms with Gasteiger partial charge in [-0.15, -0.1) is 0 Å². The molecule has 0 saturated heterocycles. The summed E-state index contributed by atoms with van der Waals surface area (Å²) in [5.41, 5.74) is 0.707. The summed E-state index contributed by atoms with van der Waals surface area (Å²) in [4.78, 5) is 11.1. The van der Waals surface area contributed by atoms with E-state index in [9.17, 15) is 4.79 Å². The predicted octanol–water partition coefficient (Wildman–Crippen LogP) is 0.882. The van der Waals surface area contributed by atoms with Crippen molar-refractivity contribution in [3.8, 4) is 0 Å². The number of aromatic nitrogens is 1. The average Bonchev–Trinajstić information content (AvgIpc) is 2.51. The van der Waals surface area contributed by atoms with Crippen molar-refractivity contribution in [2.45, 2.75) is 26.4 Å². The number of urea groups is 1. The van der Waals surface area contributed by atoms with Gasteiger partial charge in [-0.05, 0) is 13.8 Å². The molecule has 5 heteroatoms. The summed E-state index contributed by atoms with van der Waals surface area (Å²) in [5, 5.41) is 8.99. The van der Waals surface area contributed by atoms with E-state index in [1.807, 2.05) is 13.8 Å². The van der Waals surface area contributed by atoms with E-state index < -0.39 is 0 Å². The molecule has 5 nitrogen and oxygen atoms in total. The SMILES string of the molecule is CC(C)NC(=O)NCc1ccon1. The molecule has 13 heavy (non-hydrogen) atoms. The van der Waals surface area contributed by atoms with Crippen LogP contribution in [0, 0.1) is 0 Å². The molecular formula is C8H13N3O2. The normalized spacial score (nSPS) is 10.1. The monoisotopic (exact) mass is 183 g/mol. The van der Waals surface area contributed by atoms with Crippen molar-refractivity contribution >= 4 is 6.03 Å². The van der Waals surface area contributed by atoms with E-state index in [4.69, 9.17) is 0 Å². The molecule has 0 fully saturated rings. The number of nitrogens with zero attached hydrogens (tertiary/aromatic N) is 1. The second-order valence-electron chi connectivity index (χ2n) is 2.97. The van der Waals surface area contributed by atoms with Gasteiger partial charge in [-0.1, -0.05) is 5.16 Å². The summed E-state index contributed by atoms with van der Waals surface area (Å²) in [7, 11) is 0. The van der Waals surface area contributed by atoms with Gasteiger partial charge < -0.3 is 15.2 Å². The van der Waals surface area contributed by atoms with Crippen LogP contribution >= 0.6 is 0 Å². The van der Waals surface area contributed by atoms with E-state index in [0.29, 0.717) is 12.2 Å². The molecular weight excluding hydrogens is 170 g/mol. The van der Waals surface area contributed by atoms with E-state index >= 15 is 0 Å². The predicted molar refractivity (Wildman–Crippen MR) is 47.0 cm³/mol. The number of carbonyl (C=O) groups excluding carboxylic acids is 1. The second-order valence-corrected chi connectivity index (χ2v) is 2.97. The molecule has 2 amide bonds. The molecule has 0 aliphatic rings. The van der Waals surface area contributed by atoms with Gasteiger partial charge in [0.25, 0.3) is 0 Å². The van der Waals surface area contributed by atoms with Crippen LogP contribution in [0.15, 0.2) is 16.9 Å². The molecule has 0 atom stereocenters. The Bertz CT molecular complexity index is 256. The molecule has 0 bridgehead atoms. The Labute approximate surface area is 76.5 Å². The first kappa shape index (κ1) is 9.57. The lowest BCUT2D eigenvalue weighted by molar-refractivity contribution is 0.238. The number of hydrogen-bond acceptors (Lipinski definition) is 3. The van der Waals surface area contributed by atoms with Crippen molar-refractivity contribution in [2.75, 3.05) is 0 Å². The number of amides is 2. The van der Waals surface area contributed by atoms with Gasteiger partial charge in [-0.2, -0.15) is 0 Å². The zero-order chi connectivity index (χ0) is 9.68. The fraction of sp³-hybridized carbons (Fsp3) is 0.500. The second kappa shape index (κ2) is 4.49. The average molecular weight is 183 g/mol. The number of rotatable bonds is 3. The molecule has 2 N–H and O–H groups in total. The van der Waals surface area contributed by atoms with Crippen LogP contribution in [0.1, 0.15) is 19.5 Å². The third kappa shape index (κ3) is 3.59. The van der Waals surface area contributed by atoms with E-state index in [1.165, 1.54) is 6.26 Å². The Kier molecular flexibility index (Phi) is 3.31. The van der Waals surface area contributed by atoms with Crippen LogP contribution in [0.4, 0.5) is 4.79 Å². The highest BCUT2D eigenvalue weighted by Gasteiger charge is 2.02. The summed E-state index contributed by atoms with van der Waals surface area (Å²) < 4.78 is 4.61. The summed E-state index contributed by atoms with van der Waals surface area (Å²) >= 11 is 0. The molecule has 0 unspecified atom stereocenters. The standard InChI is InChI=1S/C8H13N3O2/c1-6(2)10-8(12)9-5-7-3-4-13-11-7/h3-4,6H,5H2,1-2H3,(H2,9,10,12). The Morgan fingerprint density at radius 1 is 1.69 bits per heavy atom. The van der Waals surface area contributed by atoms with Gasteiger partial charge in [0.15, 0.2) is 0 Å². The van der Waals surface area contributed by atoms with Gasteiger partial charge in [-0.3, -0.25) is 0 Å². The van der Waals surface area contributed by atoms with Crippen LogP contribution in [0.3, 0.4) is 0 Å². The molecule has 0 aromatic carbocycles. The molecule has 1 rings (SSSR count). The Hall–Kier alpha value is -1.52. The number of hydrogen-bond donors (Lipinski definition) is 2. The first-order valence-electron chi connectivity index (χ1n) is 4.12. The zero-order valence-electron chi connectivity index (χ0n) is 7.70. The Balaban J connectivity index is 2.23. The van der Waals surface area contributed by atoms with E-state index in [0.717, 1.165) is 0 Å². The number of carbonyl (C=O) groups is 1. The molecule has 0 saturated carbocycles. The molecule has 0 spiro atoms. The fourth-order valence-electron chi connectivity index (χ4n) is 0.813. The van der Waals surface area contributed by atoms with E-state index in [2.05, 4.69) is 20.3 Å². The molecule has 0 aliphatic carbocycles. The van der Waals surface area contributed by atoms with E-state index in [1.54, 1.807) is 6.07 Å². The van der Waals surface area contributed by atoms with Gasteiger partial charge in [0.2, 0.25) is 0 Å². The van der Waals surface area contributed by atoms with Gasteiger partial charge in [0.05, 0.1) is 6.54 Å². The van der Waals surface area contributed by atoms with Crippen LogP contribution in [0.5, 0.6) is 0 Å². The van der Waals surface area contributed by atoms with Gasteiger partial charge in [-0.25, -0.2) is 4.79 Å². The van der Waals surface area contributed by atoms with Crippen molar-refractivity contribution in [1.82, 2.24) is 15.8 Å². The maximum Gasteiger partial charge on any atom is 0.315 e. The van der Waals surface area contributed by atoms with Crippen molar-refractivity contribution < 1.29 is 9.32 Å². The highest BCUT2D eigenvalue weighted by Crippen LogP contribution is 1.92. The fourth-order valence-corrected chi connectivity index (χ4v) is 0.813. The topological polar surface area (TPSA) is 67.2 Å². The number of nitrogens with one attached hydrogen (secondary N) is 2. The quantitative estimate of drug-likeness (QED) is 0.731. The summed E-state index contributed by atoms with van der Waals surface area (Å²) in [5.74, 6) is 0. The van der Waals surface area contributed by atoms with Crippen molar-refractivity contribution in [3.05, 3.63) is 18.0 Å². The Morgan fingerprint density at radius 3 is 3.00 bits per heavy atom. The first-order valence-corrected chi connectivity index (χ1v) is 4.12. The van der Waals surface area contributed by atoms with Crippen molar-refractivity contribution in [2.24, 2.45) is 0 Å². The molecule has 1 aromatic heterocycles. The smallest absolute Gasteiger partial charge is 0.315 e. The van der Waals surface area contributed by atoms with Gasteiger partial charge >= 0.3 is 6.03 Å². The highest BCUT2D eigenvalue weighted by molar-refractivity contribution is 5.73. The molecule has 1 aromatic rings. The van der Waals surface area contributed by atoms with Crippen molar-refractivity contribution in [1.29, 1.82) is 0 Å². The Morgan fingerprint density at radius 2 is 2.46 bits per heavy atom. The lowest BCUT2D eigenvalue weighted by Gasteiger charge is -2.08. The highest BCUT2D eigenvalue weighted by atomic mass is 16.5. The molecule has 1 heterocycles. The molecule has 0 aliphatic heterocycles. The largest absolute Gasteiger partial charge is 0.364 e. The summed E-state index contributed by atoms with van der Waals surface area (Å²) in [6.07, 6.45) is 1.47. The lowest BCUT2D eigenvalue weighted by Crippen LogP contribution is -2.39. The minimum atomic E-state index is -0.196. The van der Waals surface area contributed by atoms with Crippen molar-refractivity contribution in [3.63, 3.8) is 0 Å². The summed E-state index contributed by atoms with van der Waals surface area (Å²) in [6, 6.07) is 1.64. The minimum absolute atomic E-state index is 0.136. The van der Waals surface area contributed by atoms with Gasteiger partial charge in [0.1, 0.15) is 12.0 Å². The van der Waals surface area contributed by atoms with Crippen LogP contribution in [-0.2, 0) is 6.54 Å². The third-order valence-electron chi connectivity index (χ3n) is 1.34. The van der Waals surface area contributed by atoms with E-state index in [-0.39, 0.29) is 12.1 Å². The van der Waals surface area contributed by atoms with Crippen LogP contribution in [-0.4, -0.2) is 17.2 Å². The summed E-state index contributed by atoms with van der Waals surface area (Å²) in [6.45, 7) is 4.18. The maximum atomic E-state index is 11.1. The lowest BCUT2D eigenvalue weighted by atomic mass is 10.4. The van der Waals surface area contributed by atoms with Gasteiger partial charge in [0, 0.05) is 12.1 Å². The van der Waals surface area contributed by atoms with Crippen LogP contribution in [0.25, 0.3) is 0 Å². The first-order chi connectivity index (χ1) is 6.18. The van der Waals surface area contributed by atoms with Crippen LogP contribution in [0.2, 0.25) is 0 Å².